The van der Waals surface area contributed by atoms with Crippen LogP contribution >= 0.6 is 11.6 Å². The minimum absolute atomic E-state index is 0.109. The molecule has 0 saturated carbocycles. The van der Waals surface area contributed by atoms with Crippen LogP contribution in [0.15, 0.2) is 66.7 Å². The second kappa shape index (κ2) is 9.01. The number of nitro groups is 2. The molecule has 10 heteroatoms. The Balaban J connectivity index is 1.74. The quantitative estimate of drug-likeness (QED) is 0.225. The van der Waals surface area contributed by atoms with Crippen molar-refractivity contribution in [2.75, 3.05) is 0 Å². The van der Waals surface area contributed by atoms with Crippen LogP contribution in [0.2, 0.25) is 5.02 Å². The molecule has 0 heterocycles. The maximum absolute atomic E-state index is 12.4. The molecule has 0 amide bonds. The Morgan fingerprint density at radius 2 is 1.53 bits per heavy atom. The van der Waals surface area contributed by atoms with E-state index in [1.165, 1.54) is 12.1 Å². The molecule has 0 spiro atoms. The molecule has 0 aromatic heterocycles. The van der Waals surface area contributed by atoms with E-state index in [0.29, 0.717) is 18.4 Å². The summed E-state index contributed by atoms with van der Waals surface area (Å²) in [7, 11) is 0. The van der Waals surface area contributed by atoms with Crippen LogP contribution in [0, 0.1) is 20.2 Å². The summed E-state index contributed by atoms with van der Waals surface area (Å²) in [5, 5.41) is 21.5. The Morgan fingerprint density at radius 3 is 2.13 bits per heavy atom. The van der Waals surface area contributed by atoms with Gasteiger partial charge in [-0.05, 0) is 29.8 Å². The molecule has 0 aliphatic rings. The third kappa shape index (κ3) is 4.89. The zero-order valence-electron chi connectivity index (χ0n) is 15.2. The lowest BCUT2D eigenvalue weighted by Gasteiger charge is -2.09. The van der Waals surface area contributed by atoms with Crippen LogP contribution in [-0.2, 0) is 6.61 Å². The number of ether oxygens (including phenoxy) is 2. The fraction of sp³-hybridized carbons (Fsp3) is 0.0500. The normalized spacial score (nSPS) is 10.3. The molecule has 0 unspecified atom stereocenters. The van der Waals surface area contributed by atoms with E-state index >= 15 is 0 Å². The Labute approximate surface area is 174 Å². The topological polar surface area (TPSA) is 122 Å². The molecule has 0 aliphatic heterocycles. The van der Waals surface area contributed by atoms with E-state index in [1.54, 1.807) is 12.1 Å². The van der Waals surface area contributed by atoms with Gasteiger partial charge in [0, 0.05) is 6.07 Å². The molecular formula is C20H13ClN2O7. The standard InChI is InChI=1S/C20H13ClN2O7/c21-19-17(10-14(22(25)26)11-18(19)23(27)28)20(24)30-16-8-6-15(7-9-16)29-12-13-4-2-1-3-5-13/h1-11H,12H2. The number of nitrogens with zero attached hydrogens (tertiary/aromatic N) is 2. The number of carbonyl (C=O) groups excluding carboxylic acids is 1. The van der Waals surface area contributed by atoms with Crippen LogP contribution in [0.4, 0.5) is 11.4 Å². The molecule has 0 aliphatic carbocycles. The maximum atomic E-state index is 12.4. The van der Waals surface area contributed by atoms with Gasteiger partial charge < -0.3 is 9.47 Å². The van der Waals surface area contributed by atoms with Gasteiger partial charge in [0.1, 0.15) is 23.1 Å². The van der Waals surface area contributed by atoms with E-state index in [4.69, 9.17) is 21.1 Å². The van der Waals surface area contributed by atoms with Gasteiger partial charge in [-0.25, -0.2) is 4.79 Å². The molecule has 0 bridgehead atoms. The first-order valence-electron chi connectivity index (χ1n) is 8.46. The predicted molar refractivity (Wildman–Crippen MR) is 107 cm³/mol. The average molecular weight is 429 g/mol. The van der Waals surface area contributed by atoms with E-state index in [-0.39, 0.29) is 5.75 Å². The lowest BCUT2D eigenvalue weighted by molar-refractivity contribution is -0.394. The maximum Gasteiger partial charge on any atom is 0.345 e. The highest BCUT2D eigenvalue weighted by Gasteiger charge is 2.27. The number of rotatable bonds is 7. The summed E-state index contributed by atoms with van der Waals surface area (Å²) in [6.07, 6.45) is 0. The van der Waals surface area contributed by atoms with Gasteiger partial charge in [0.25, 0.3) is 11.4 Å². The molecule has 0 fully saturated rings. The third-order valence-corrected chi connectivity index (χ3v) is 4.35. The third-order valence-electron chi connectivity index (χ3n) is 3.95. The van der Waals surface area contributed by atoms with Crippen molar-refractivity contribution >= 4 is 28.9 Å². The number of esters is 1. The molecule has 0 radical (unpaired) electrons. The fourth-order valence-corrected chi connectivity index (χ4v) is 2.74. The molecule has 30 heavy (non-hydrogen) atoms. The highest BCUT2D eigenvalue weighted by atomic mass is 35.5. The van der Waals surface area contributed by atoms with Crippen LogP contribution in [-0.4, -0.2) is 15.8 Å². The Morgan fingerprint density at radius 1 is 0.900 bits per heavy atom. The first-order valence-corrected chi connectivity index (χ1v) is 8.84. The van der Waals surface area contributed by atoms with Crippen molar-refractivity contribution in [2.45, 2.75) is 6.61 Å². The molecule has 0 N–H and O–H groups in total. The molecule has 0 saturated heterocycles. The highest BCUT2D eigenvalue weighted by Crippen LogP contribution is 2.33. The van der Waals surface area contributed by atoms with Crippen molar-refractivity contribution in [1.29, 1.82) is 0 Å². The van der Waals surface area contributed by atoms with E-state index < -0.39 is 37.8 Å². The minimum Gasteiger partial charge on any atom is -0.489 e. The second-order valence-corrected chi connectivity index (χ2v) is 6.35. The Kier molecular flexibility index (Phi) is 6.23. The van der Waals surface area contributed by atoms with E-state index in [1.807, 2.05) is 30.3 Å². The van der Waals surface area contributed by atoms with Crippen LogP contribution in [0.25, 0.3) is 0 Å². The summed E-state index contributed by atoms with van der Waals surface area (Å²) >= 11 is 5.88. The van der Waals surface area contributed by atoms with Gasteiger partial charge in [-0.2, -0.15) is 0 Å². The van der Waals surface area contributed by atoms with Crippen LogP contribution in [0.3, 0.4) is 0 Å². The molecule has 3 aromatic carbocycles. The molecule has 152 valence electrons. The van der Waals surface area contributed by atoms with Crippen molar-refractivity contribution in [2.24, 2.45) is 0 Å². The largest absolute Gasteiger partial charge is 0.489 e. The first kappa shape index (κ1) is 20.7. The van der Waals surface area contributed by atoms with Gasteiger partial charge in [0.15, 0.2) is 0 Å². The highest BCUT2D eigenvalue weighted by molar-refractivity contribution is 6.35. The van der Waals surface area contributed by atoms with Crippen molar-refractivity contribution in [3.63, 3.8) is 0 Å². The first-order chi connectivity index (χ1) is 14.3. The fourth-order valence-electron chi connectivity index (χ4n) is 2.49. The summed E-state index contributed by atoms with van der Waals surface area (Å²) in [4.78, 5) is 32.7. The smallest absolute Gasteiger partial charge is 0.345 e. The number of hydrogen-bond donors (Lipinski definition) is 0. The summed E-state index contributed by atoms with van der Waals surface area (Å²) in [5.74, 6) is -0.426. The number of benzene rings is 3. The van der Waals surface area contributed by atoms with Gasteiger partial charge >= 0.3 is 5.97 Å². The second-order valence-electron chi connectivity index (χ2n) is 5.98. The summed E-state index contributed by atoms with van der Waals surface area (Å²) in [5.41, 5.74) is -0.915. The van der Waals surface area contributed by atoms with E-state index in [9.17, 15) is 25.0 Å². The molecular weight excluding hydrogens is 416 g/mol. The zero-order chi connectivity index (χ0) is 21.7. The lowest BCUT2D eigenvalue weighted by atomic mass is 10.1. The molecule has 3 aromatic rings. The van der Waals surface area contributed by atoms with Crippen molar-refractivity contribution in [3.8, 4) is 11.5 Å². The van der Waals surface area contributed by atoms with E-state index in [2.05, 4.69) is 0 Å². The molecule has 3 rings (SSSR count). The van der Waals surface area contributed by atoms with Gasteiger partial charge in [-0.15, -0.1) is 0 Å². The minimum atomic E-state index is -1.07. The van der Waals surface area contributed by atoms with E-state index in [0.717, 1.165) is 11.6 Å². The van der Waals surface area contributed by atoms with Crippen LogP contribution in [0.5, 0.6) is 11.5 Å². The average Bonchev–Trinajstić information content (AvgIpc) is 2.73. The van der Waals surface area contributed by atoms with Gasteiger partial charge in [0.05, 0.1) is 21.5 Å². The van der Waals surface area contributed by atoms with Gasteiger partial charge in [0.2, 0.25) is 0 Å². The number of hydrogen-bond acceptors (Lipinski definition) is 7. The van der Waals surface area contributed by atoms with Gasteiger partial charge in [-0.3, -0.25) is 20.2 Å². The van der Waals surface area contributed by atoms with Gasteiger partial charge in [-0.1, -0.05) is 41.9 Å². The summed E-state index contributed by atoms with van der Waals surface area (Å²) in [6, 6.07) is 17.1. The number of nitro benzene ring substituents is 2. The molecule has 0 atom stereocenters. The summed E-state index contributed by atoms with van der Waals surface area (Å²) < 4.78 is 10.8. The zero-order valence-corrected chi connectivity index (χ0v) is 15.9. The monoisotopic (exact) mass is 428 g/mol. The molecule has 9 nitrogen and oxygen atoms in total. The van der Waals surface area contributed by atoms with Crippen molar-refractivity contribution < 1.29 is 24.1 Å². The van der Waals surface area contributed by atoms with Crippen LogP contribution in [0.1, 0.15) is 15.9 Å². The van der Waals surface area contributed by atoms with Crippen LogP contribution < -0.4 is 9.47 Å². The Hall–Kier alpha value is -3.98. The predicted octanol–water partition coefficient (Wildman–Crippen LogP) is 4.95. The SMILES string of the molecule is O=C(Oc1ccc(OCc2ccccc2)cc1)c1cc([N+](=O)[O-])cc([N+](=O)[O-])c1Cl. The Bertz CT molecular complexity index is 1100. The van der Waals surface area contributed by atoms with Crippen molar-refractivity contribution in [3.05, 3.63) is 103 Å². The number of carbonyl (C=O) groups is 1. The number of halogens is 1. The van der Waals surface area contributed by atoms with Crippen molar-refractivity contribution in [1.82, 2.24) is 0 Å². The lowest BCUT2D eigenvalue weighted by Crippen LogP contribution is -2.11. The summed E-state index contributed by atoms with van der Waals surface area (Å²) in [6.45, 7) is 0.354. The number of non-ortho nitro benzene ring substituents is 1.